The number of fused-ring (bicyclic) bond motifs is 1. The Hall–Kier alpha value is -2.57. The number of carbonyl (C=O) groups is 3. The summed E-state index contributed by atoms with van der Waals surface area (Å²) in [6.07, 6.45) is 0.288. The highest BCUT2D eigenvalue weighted by Crippen LogP contribution is 2.41. The van der Waals surface area contributed by atoms with Gasteiger partial charge in [0.1, 0.15) is 0 Å². The Morgan fingerprint density at radius 1 is 1.25 bits per heavy atom. The molecule has 0 bridgehead atoms. The SMILES string of the molecule is COC(=O)CC1C(=O)N(C2CCN(C(=O)O)CC2)c2ccccc21. The number of esters is 1. The quantitative estimate of drug-likeness (QED) is 0.853. The van der Waals surface area contributed by atoms with Crippen LogP contribution in [0.3, 0.4) is 0 Å². The van der Waals surface area contributed by atoms with Crippen molar-refractivity contribution in [3.63, 3.8) is 0 Å². The lowest BCUT2D eigenvalue weighted by Gasteiger charge is -2.36. The first-order chi connectivity index (χ1) is 11.5. The Morgan fingerprint density at radius 3 is 2.54 bits per heavy atom. The Balaban J connectivity index is 1.83. The lowest BCUT2D eigenvalue weighted by Crippen LogP contribution is -2.48. The maximum atomic E-state index is 12.9. The van der Waals surface area contributed by atoms with Crippen molar-refractivity contribution in [3.05, 3.63) is 29.8 Å². The zero-order valence-corrected chi connectivity index (χ0v) is 13.5. The maximum Gasteiger partial charge on any atom is 0.407 e. The van der Waals surface area contributed by atoms with Crippen LogP contribution >= 0.6 is 0 Å². The third-order valence-electron chi connectivity index (χ3n) is 4.81. The van der Waals surface area contributed by atoms with Gasteiger partial charge in [0, 0.05) is 24.8 Å². The number of amides is 2. The number of likely N-dealkylation sites (tertiary alicyclic amines) is 1. The molecule has 0 aromatic heterocycles. The van der Waals surface area contributed by atoms with Crippen molar-refractivity contribution in [2.75, 3.05) is 25.1 Å². The normalized spacial score (nSPS) is 20.9. The zero-order valence-electron chi connectivity index (χ0n) is 13.5. The van der Waals surface area contributed by atoms with Crippen LogP contribution in [-0.4, -0.2) is 54.2 Å². The van der Waals surface area contributed by atoms with Gasteiger partial charge in [0.25, 0.3) is 0 Å². The number of piperidine rings is 1. The fourth-order valence-electron chi connectivity index (χ4n) is 3.56. The number of anilines is 1. The highest BCUT2D eigenvalue weighted by atomic mass is 16.5. The summed E-state index contributed by atoms with van der Waals surface area (Å²) in [4.78, 5) is 38.7. The van der Waals surface area contributed by atoms with Gasteiger partial charge in [0.05, 0.1) is 19.4 Å². The molecule has 3 rings (SSSR count). The van der Waals surface area contributed by atoms with E-state index in [2.05, 4.69) is 0 Å². The molecule has 2 heterocycles. The van der Waals surface area contributed by atoms with Crippen molar-refractivity contribution in [2.45, 2.75) is 31.2 Å². The van der Waals surface area contributed by atoms with Crippen molar-refractivity contribution >= 4 is 23.7 Å². The van der Waals surface area contributed by atoms with E-state index < -0.39 is 18.0 Å². The summed E-state index contributed by atoms with van der Waals surface area (Å²) in [5.41, 5.74) is 1.67. The van der Waals surface area contributed by atoms with Crippen LogP contribution in [0.4, 0.5) is 10.5 Å². The molecule has 2 amide bonds. The summed E-state index contributed by atoms with van der Waals surface area (Å²) in [5.74, 6) is -1.03. The molecule has 128 valence electrons. The highest BCUT2D eigenvalue weighted by molar-refractivity contribution is 6.06. The topological polar surface area (TPSA) is 87.2 Å². The van der Waals surface area contributed by atoms with Crippen molar-refractivity contribution < 1.29 is 24.2 Å². The second-order valence-corrected chi connectivity index (χ2v) is 6.10. The van der Waals surface area contributed by atoms with Gasteiger partial charge in [-0.2, -0.15) is 0 Å². The van der Waals surface area contributed by atoms with Crippen LogP contribution in [0.2, 0.25) is 0 Å². The monoisotopic (exact) mass is 332 g/mol. The van der Waals surface area contributed by atoms with Crippen LogP contribution in [-0.2, 0) is 14.3 Å². The number of methoxy groups -OCH3 is 1. The number of nitrogens with zero attached hydrogens (tertiary/aromatic N) is 2. The van der Waals surface area contributed by atoms with Crippen molar-refractivity contribution in [1.29, 1.82) is 0 Å². The summed E-state index contributed by atoms with van der Waals surface area (Å²) >= 11 is 0. The summed E-state index contributed by atoms with van der Waals surface area (Å²) in [7, 11) is 1.31. The molecular weight excluding hydrogens is 312 g/mol. The molecule has 1 aromatic rings. The van der Waals surface area contributed by atoms with E-state index in [4.69, 9.17) is 9.84 Å². The molecule has 1 unspecified atom stereocenters. The van der Waals surface area contributed by atoms with Gasteiger partial charge in [0.2, 0.25) is 5.91 Å². The van der Waals surface area contributed by atoms with Gasteiger partial charge in [-0.25, -0.2) is 4.79 Å². The van der Waals surface area contributed by atoms with E-state index in [-0.39, 0.29) is 18.4 Å². The summed E-state index contributed by atoms with van der Waals surface area (Å²) in [6.45, 7) is 0.821. The van der Waals surface area contributed by atoms with E-state index in [0.29, 0.717) is 25.9 Å². The third-order valence-corrected chi connectivity index (χ3v) is 4.81. The Labute approximate surface area is 139 Å². The van der Waals surface area contributed by atoms with Gasteiger partial charge in [-0.05, 0) is 24.5 Å². The van der Waals surface area contributed by atoms with E-state index >= 15 is 0 Å². The van der Waals surface area contributed by atoms with Crippen LogP contribution < -0.4 is 4.90 Å². The standard InChI is InChI=1S/C17H20N2O5/c1-24-15(20)10-13-12-4-2-3-5-14(12)19(16(13)21)11-6-8-18(9-7-11)17(22)23/h2-5,11,13H,6-10H2,1H3,(H,22,23). The second-order valence-electron chi connectivity index (χ2n) is 6.10. The minimum atomic E-state index is -0.926. The molecule has 24 heavy (non-hydrogen) atoms. The molecule has 7 heteroatoms. The lowest BCUT2D eigenvalue weighted by atomic mass is 9.97. The first kappa shape index (κ1) is 16.3. The van der Waals surface area contributed by atoms with Crippen LogP contribution in [0.15, 0.2) is 24.3 Å². The number of rotatable bonds is 3. The van der Waals surface area contributed by atoms with Crippen LogP contribution in [0.5, 0.6) is 0 Å². The maximum absolute atomic E-state index is 12.9. The number of carbonyl (C=O) groups excluding carboxylic acids is 2. The molecular formula is C17H20N2O5. The third kappa shape index (κ3) is 2.81. The van der Waals surface area contributed by atoms with E-state index in [1.807, 2.05) is 24.3 Å². The molecule has 1 saturated heterocycles. The lowest BCUT2D eigenvalue weighted by molar-refractivity contribution is -0.142. The fourth-order valence-corrected chi connectivity index (χ4v) is 3.56. The molecule has 0 spiro atoms. The van der Waals surface area contributed by atoms with Gasteiger partial charge < -0.3 is 19.6 Å². The highest BCUT2D eigenvalue weighted by Gasteiger charge is 2.42. The van der Waals surface area contributed by atoms with Gasteiger partial charge in [0.15, 0.2) is 0 Å². The predicted octanol–water partition coefficient (Wildman–Crippen LogP) is 1.82. The van der Waals surface area contributed by atoms with E-state index in [0.717, 1.165) is 11.3 Å². The Kier molecular flexibility index (Phi) is 4.42. The number of hydrogen-bond acceptors (Lipinski definition) is 4. The van der Waals surface area contributed by atoms with Gasteiger partial charge in [-0.15, -0.1) is 0 Å². The molecule has 1 atom stereocenters. The zero-order chi connectivity index (χ0) is 17.3. The number of ether oxygens (including phenoxy) is 1. The molecule has 7 nitrogen and oxygen atoms in total. The molecule has 1 aromatic carbocycles. The average Bonchev–Trinajstić information content (AvgIpc) is 2.87. The molecule has 1 N–H and O–H groups in total. The number of para-hydroxylation sites is 1. The summed E-state index contributed by atoms with van der Waals surface area (Å²) in [5, 5.41) is 9.06. The van der Waals surface area contributed by atoms with Crippen LogP contribution in [0.1, 0.15) is 30.7 Å². The molecule has 1 fully saturated rings. The molecule has 2 aliphatic rings. The predicted molar refractivity (Wildman–Crippen MR) is 85.9 cm³/mol. The minimum Gasteiger partial charge on any atom is -0.469 e. The Bertz CT molecular complexity index is 667. The van der Waals surface area contributed by atoms with E-state index in [9.17, 15) is 14.4 Å². The second kappa shape index (κ2) is 6.51. The molecule has 0 aliphatic carbocycles. The van der Waals surface area contributed by atoms with Crippen molar-refractivity contribution in [2.24, 2.45) is 0 Å². The van der Waals surface area contributed by atoms with E-state index in [1.165, 1.54) is 12.0 Å². The summed E-state index contributed by atoms with van der Waals surface area (Å²) in [6, 6.07) is 7.43. The van der Waals surface area contributed by atoms with Gasteiger partial charge in [-0.1, -0.05) is 18.2 Å². The van der Waals surface area contributed by atoms with Gasteiger partial charge >= 0.3 is 12.1 Å². The molecule has 0 radical (unpaired) electrons. The largest absolute Gasteiger partial charge is 0.469 e. The molecule has 0 saturated carbocycles. The smallest absolute Gasteiger partial charge is 0.407 e. The first-order valence-electron chi connectivity index (χ1n) is 7.99. The van der Waals surface area contributed by atoms with Crippen LogP contribution in [0.25, 0.3) is 0 Å². The van der Waals surface area contributed by atoms with Crippen molar-refractivity contribution in [1.82, 2.24) is 4.90 Å². The first-order valence-corrected chi connectivity index (χ1v) is 7.99. The Morgan fingerprint density at radius 2 is 1.92 bits per heavy atom. The summed E-state index contributed by atoms with van der Waals surface area (Å²) < 4.78 is 4.72. The van der Waals surface area contributed by atoms with Crippen LogP contribution in [0, 0.1) is 0 Å². The molecule has 2 aliphatic heterocycles. The fraction of sp³-hybridized carbons (Fsp3) is 0.471. The van der Waals surface area contributed by atoms with Gasteiger partial charge in [-0.3, -0.25) is 9.59 Å². The van der Waals surface area contributed by atoms with E-state index in [1.54, 1.807) is 4.90 Å². The number of benzene rings is 1. The number of carboxylic acid groups (broad SMARTS) is 1. The van der Waals surface area contributed by atoms with Crippen molar-refractivity contribution in [3.8, 4) is 0 Å². The minimum absolute atomic E-state index is 0.0246. The number of hydrogen-bond donors (Lipinski definition) is 1. The average molecular weight is 332 g/mol.